The van der Waals surface area contributed by atoms with Gasteiger partial charge in [-0.25, -0.2) is 9.97 Å². The zero-order chi connectivity index (χ0) is 24.5. The van der Waals surface area contributed by atoms with Crippen molar-refractivity contribution >= 4 is 17.7 Å². The van der Waals surface area contributed by atoms with Gasteiger partial charge in [-0.05, 0) is 36.2 Å². The van der Waals surface area contributed by atoms with Crippen LogP contribution in [0.2, 0.25) is 0 Å². The number of pyridine rings is 1. The van der Waals surface area contributed by atoms with E-state index in [0.29, 0.717) is 25.3 Å². The molecular weight excluding hydrogens is 436 g/mol. The van der Waals surface area contributed by atoms with E-state index in [2.05, 4.69) is 15.3 Å². The lowest BCUT2D eigenvalue weighted by Gasteiger charge is -2.13. The third-order valence-corrected chi connectivity index (χ3v) is 5.23. The summed E-state index contributed by atoms with van der Waals surface area (Å²) >= 11 is 0. The average Bonchev–Trinajstić information content (AvgIpc) is 3.34. The monoisotopic (exact) mass is 466 g/mol. The van der Waals surface area contributed by atoms with Crippen molar-refractivity contribution in [3.05, 3.63) is 71.6 Å². The molecule has 1 unspecified atom stereocenters. The maximum atomic E-state index is 12.2. The van der Waals surface area contributed by atoms with E-state index in [-0.39, 0.29) is 29.9 Å². The van der Waals surface area contributed by atoms with Crippen molar-refractivity contribution < 1.29 is 23.5 Å². The Morgan fingerprint density at radius 2 is 1.88 bits per heavy atom. The second-order valence-electron chi connectivity index (χ2n) is 7.96. The highest BCUT2D eigenvalue weighted by molar-refractivity contribution is 5.91. The lowest BCUT2D eigenvalue weighted by Crippen LogP contribution is -2.22. The summed E-state index contributed by atoms with van der Waals surface area (Å²) < 4.78 is 16.2. The van der Waals surface area contributed by atoms with Crippen molar-refractivity contribution in [3.63, 3.8) is 0 Å². The summed E-state index contributed by atoms with van der Waals surface area (Å²) in [6.07, 6.45) is 2.59. The van der Waals surface area contributed by atoms with E-state index in [9.17, 15) is 9.59 Å². The standard InChI is InChI=1S/C25H30N4O5/c1-26-22-7-5-6-19(27-22)12-13-33-20-10-8-17(9-11-20)14-18(15-23(30)32-4)24-28-21(16-34-24)25(31)29(2)3/h5-11,16,18H,12-15H2,1-4H3,(H,26,27). The number of nitrogens with zero attached hydrogens (tertiary/aromatic N) is 3. The minimum atomic E-state index is -0.375. The zero-order valence-corrected chi connectivity index (χ0v) is 19.9. The normalized spacial score (nSPS) is 11.5. The summed E-state index contributed by atoms with van der Waals surface area (Å²) in [7, 11) is 6.46. The van der Waals surface area contributed by atoms with E-state index < -0.39 is 0 Å². The van der Waals surface area contributed by atoms with Gasteiger partial charge in [-0.2, -0.15) is 0 Å². The molecule has 0 spiro atoms. The van der Waals surface area contributed by atoms with E-state index in [1.807, 2.05) is 49.5 Å². The summed E-state index contributed by atoms with van der Waals surface area (Å²) in [5.74, 6) is 0.891. The number of carbonyl (C=O) groups excluding carboxylic acids is 2. The van der Waals surface area contributed by atoms with Gasteiger partial charge in [0.2, 0.25) is 0 Å². The van der Waals surface area contributed by atoms with Crippen molar-refractivity contribution in [2.45, 2.75) is 25.2 Å². The van der Waals surface area contributed by atoms with Gasteiger partial charge in [0.25, 0.3) is 5.91 Å². The number of rotatable bonds is 11. The van der Waals surface area contributed by atoms with Crippen molar-refractivity contribution in [1.29, 1.82) is 0 Å². The number of nitrogens with one attached hydrogen (secondary N) is 1. The number of oxazole rings is 1. The Labute approximate surface area is 199 Å². The first-order valence-corrected chi connectivity index (χ1v) is 11.0. The highest BCUT2D eigenvalue weighted by Gasteiger charge is 2.24. The van der Waals surface area contributed by atoms with E-state index >= 15 is 0 Å². The summed E-state index contributed by atoms with van der Waals surface area (Å²) in [6, 6.07) is 13.5. The molecule has 3 rings (SSSR count). The molecule has 9 heteroatoms. The van der Waals surface area contributed by atoms with Crippen LogP contribution >= 0.6 is 0 Å². The van der Waals surface area contributed by atoms with E-state index in [1.165, 1.54) is 18.3 Å². The molecule has 3 aromatic rings. The topological polar surface area (TPSA) is 107 Å². The molecule has 1 N–H and O–H groups in total. The Morgan fingerprint density at radius 3 is 2.56 bits per heavy atom. The molecule has 0 aliphatic carbocycles. The van der Waals surface area contributed by atoms with Gasteiger partial charge in [-0.15, -0.1) is 0 Å². The molecule has 1 amide bonds. The van der Waals surface area contributed by atoms with Crippen LogP contribution in [0.5, 0.6) is 5.75 Å². The van der Waals surface area contributed by atoms with Crippen molar-refractivity contribution in [2.75, 3.05) is 40.2 Å². The molecule has 34 heavy (non-hydrogen) atoms. The van der Waals surface area contributed by atoms with Gasteiger partial charge in [0.15, 0.2) is 11.6 Å². The number of benzene rings is 1. The Kier molecular flexibility index (Phi) is 8.61. The quantitative estimate of drug-likeness (QED) is 0.429. The zero-order valence-electron chi connectivity index (χ0n) is 19.9. The van der Waals surface area contributed by atoms with Gasteiger partial charge in [0.1, 0.15) is 17.8 Å². The van der Waals surface area contributed by atoms with Crippen molar-refractivity contribution in [2.24, 2.45) is 0 Å². The van der Waals surface area contributed by atoms with Crippen LogP contribution in [-0.4, -0.2) is 61.6 Å². The van der Waals surface area contributed by atoms with Crippen LogP contribution in [0.1, 0.15) is 40.0 Å². The molecule has 0 saturated heterocycles. The van der Waals surface area contributed by atoms with Gasteiger partial charge in [-0.1, -0.05) is 18.2 Å². The van der Waals surface area contributed by atoms with E-state index in [4.69, 9.17) is 13.9 Å². The minimum absolute atomic E-state index is 0.0868. The first kappa shape index (κ1) is 24.8. The number of methoxy groups -OCH3 is 1. The summed E-state index contributed by atoms with van der Waals surface area (Å²) in [6.45, 7) is 0.503. The maximum absolute atomic E-state index is 12.2. The highest BCUT2D eigenvalue weighted by atomic mass is 16.5. The average molecular weight is 467 g/mol. The lowest BCUT2D eigenvalue weighted by atomic mass is 9.96. The molecule has 180 valence electrons. The van der Waals surface area contributed by atoms with Gasteiger partial charge in [0, 0.05) is 33.3 Å². The van der Waals surface area contributed by atoms with Crippen LogP contribution in [0.3, 0.4) is 0 Å². The smallest absolute Gasteiger partial charge is 0.306 e. The third-order valence-electron chi connectivity index (χ3n) is 5.23. The van der Waals surface area contributed by atoms with Crippen LogP contribution < -0.4 is 10.1 Å². The van der Waals surface area contributed by atoms with Crippen LogP contribution in [0, 0.1) is 0 Å². The fraction of sp³-hybridized carbons (Fsp3) is 0.360. The number of carbonyl (C=O) groups is 2. The van der Waals surface area contributed by atoms with Crippen LogP contribution in [0.4, 0.5) is 5.82 Å². The molecule has 0 saturated carbocycles. The van der Waals surface area contributed by atoms with Gasteiger partial charge < -0.3 is 24.1 Å². The molecule has 0 bridgehead atoms. The number of hydrogen-bond acceptors (Lipinski definition) is 8. The Morgan fingerprint density at radius 1 is 1.12 bits per heavy atom. The van der Waals surface area contributed by atoms with Crippen molar-refractivity contribution in [3.8, 4) is 5.75 Å². The summed E-state index contributed by atoms with van der Waals surface area (Å²) in [5.41, 5.74) is 2.13. The largest absolute Gasteiger partial charge is 0.493 e. The minimum Gasteiger partial charge on any atom is -0.493 e. The SMILES string of the molecule is CNc1cccc(CCOc2ccc(CC(CC(=O)OC)c3nc(C(=O)N(C)C)co3)cc2)n1. The molecule has 2 heterocycles. The van der Waals surface area contributed by atoms with Crippen LogP contribution in [-0.2, 0) is 22.4 Å². The van der Waals surface area contributed by atoms with Gasteiger partial charge in [0.05, 0.1) is 26.1 Å². The van der Waals surface area contributed by atoms with Gasteiger partial charge in [-0.3, -0.25) is 9.59 Å². The Hall–Kier alpha value is -3.88. The summed E-state index contributed by atoms with van der Waals surface area (Å²) in [4.78, 5) is 34.3. The summed E-state index contributed by atoms with van der Waals surface area (Å²) in [5, 5.41) is 3.03. The molecule has 0 fully saturated rings. The maximum Gasteiger partial charge on any atom is 0.306 e. The van der Waals surface area contributed by atoms with E-state index in [0.717, 1.165) is 22.8 Å². The number of esters is 1. The molecule has 0 radical (unpaired) electrons. The molecular formula is C25H30N4O5. The lowest BCUT2D eigenvalue weighted by molar-refractivity contribution is -0.141. The number of ether oxygens (including phenoxy) is 2. The van der Waals surface area contributed by atoms with Gasteiger partial charge >= 0.3 is 5.97 Å². The predicted octanol–water partition coefficient (Wildman–Crippen LogP) is 3.32. The second-order valence-corrected chi connectivity index (χ2v) is 7.96. The van der Waals surface area contributed by atoms with Crippen LogP contribution in [0.25, 0.3) is 0 Å². The highest BCUT2D eigenvalue weighted by Crippen LogP contribution is 2.26. The molecule has 0 aliphatic rings. The molecule has 1 atom stereocenters. The predicted molar refractivity (Wildman–Crippen MR) is 127 cm³/mol. The number of hydrogen-bond donors (Lipinski definition) is 1. The first-order chi connectivity index (χ1) is 16.4. The second kappa shape index (κ2) is 11.8. The number of amides is 1. The first-order valence-electron chi connectivity index (χ1n) is 11.0. The molecule has 9 nitrogen and oxygen atoms in total. The Balaban J connectivity index is 1.62. The fourth-order valence-corrected chi connectivity index (χ4v) is 3.37. The molecule has 2 aromatic heterocycles. The molecule has 1 aromatic carbocycles. The van der Waals surface area contributed by atoms with Crippen LogP contribution in [0.15, 0.2) is 53.1 Å². The number of anilines is 1. The fourth-order valence-electron chi connectivity index (χ4n) is 3.37. The Bertz CT molecular complexity index is 1090. The molecule has 0 aliphatic heterocycles. The third kappa shape index (κ3) is 6.81. The van der Waals surface area contributed by atoms with Crippen molar-refractivity contribution in [1.82, 2.24) is 14.9 Å². The van der Waals surface area contributed by atoms with E-state index in [1.54, 1.807) is 14.1 Å². The number of aromatic nitrogens is 2.